The molecule has 0 saturated heterocycles. The maximum atomic E-state index is 6.75. The number of benzene rings is 8. The van der Waals surface area contributed by atoms with Crippen LogP contribution in [0.3, 0.4) is 0 Å². The minimum Gasteiger partial charge on any atom is -0.503 e. The number of fused-ring (bicyclic) bond motifs is 14. The Bertz CT molecular complexity index is 3680. The van der Waals surface area contributed by atoms with Crippen molar-refractivity contribution in [1.29, 1.82) is 0 Å². The first kappa shape index (κ1) is 36.5. The normalized spacial score (nSPS) is 13.1. The van der Waals surface area contributed by atoms with Crippen LogP contribution in [0.2, 0.25) is 0 Å². The minimum atomic E-state index is -2.99. The van der Waals surface area contributed by atoms with E-state index in [-0.39, 0.29) is 21.1 Å². The van der Waals surface area contributed by atoms with Gasteiger partial charge in [0.25, 0.3) is 0 Å². The zero-order valence-electron chi connectivity index (χ0n) is 32.9. The third-order valence-corrected chi connectivity index (χ3v) is 17.1. The van der Waals surface area contributed by atoms with Gasteiger partial charge in [0.15, 0.2) is 8.07 Å². The van der Waals surface area contributed by atoms with Gasteiger partial charge in [-0.1, -0.05) is 144 Å². The molecule has 0 radical (unpaired) electrons. The number of rotatable bonds is 5. The summed E-state index contributed by atoms with van der Waals surface area (Å²) in [5.41, 5.74) is 7.42. The van der Waals surface area contributed by atoms with Crippen molar-refractivity contribution in [2.75, 3.05) is 4.90 Å². The quantitative estimate of drug-likeness (QED) is 0.0977. The molecule has 0 spiro atoms. The summed E-state index contributed by atoms with van der Waals surface area (Å²) in [7, 11) is -2.99. The van der Waals surface area contributed by atoms with Crippen LogP contribution in [-0.4, -0.2) is 22.4 Å². The average molecular weight is 992 g/mol. The number of imidazole rings is 1. The van der Waals surface area contributed by atoms with Gasteiger partial charge in [0.2, 0.25) is 0 Å². The molecule has 0 bridgehead atoms. The van der Waals surface area contributed by atoms with Gasteiger partial charge in [-0.3, -0.25) is 4.98 Å². The summed E-state index contributed by atoms with van der Waals surface area (Å²) in [5, 5.41) is 10.2. The van der Waals surface area contributed by atoms with Crippen LogP contribution < -0.4 is 30.4 Å². The van der Waals surface area contributed by atoms with Crippen molar-refractivity contribution in [3.8, 4) is 11.5 Å². The van der Waals surface area contributed by atoms with Gasteiger partial charge in [0.1, 0.15) is 17.0 Å². The molecule has 0 fully saturated rings. The van der Waals surface area contributed by atoms with E-state index in [9.17, 15) is 0 Å². The fourth-order valence-corrected chi connectivity index (χ4v) is 14.9. The molecule has 12 aromatic rings. The van der Waals surface area contributed by atoms with Crippen molar-refractivity contribution in [2.45, 2.75) is 0 Å². The molecule has 62 heavy (non-hydrogen) atoms. The molecule has 0 N–H and O–H groups in total. The van der Waals surface area contributed by atoms with Crippen molar-refractivity contribution in [2.24, 2.45) is 0 Å². The van der Waals surface area contributed by atoms with Crippen LogP contribution in [0.25, 0.3) is 60.3 Å². The summed E-state index contributed by atoms with van der Waals surface area (Å²) in [6.07, 6.45) is 1.90. The van der Waals surface area contributed by atoms with Gasteiger partial charge in [-0.15, -0.1) is 30.3 Å². The van der Waals surface area contributed by atoms with Crippen molar-refractivity contribution in [3.05, 3.63) is 206 Å². The molecule has 13 rings (SSSR count). The first-order valence-corrected chi connectivity index (χ1v) is 22.4. The number of furan rings is 1. The Kier molecular flexibility index (Phi) is 8.33. The summed E-state index contributed by atoms with van der Waals surface area (Å²) < 4.78 is 15.6. The number of pyridine rings is 2. The molecular weight excluding hydrogens is 960 g/mol. The second-order valence-electron chi connectivity index (χ2n) is 15.5. The van der Waals surface area contributed by atoms with Crippen LogP contribution in [0, 0.1) is 12.1 Å². The third-order valence-electron chi connectivity index (χ3n) is 12.3. The average Bonchev–Trinajstić information content (AvgIpc) is 3.91. The molecule has 0 atom stereocenters. The second kappa shape index (κ2) is 14.1. The molecule has 0 aliphatic carbocycles. The Balaban J connectivity index is 0.00000410. The molecule has 8 aromatic carbocycles. The van der Waals surface area contributed by atoms with Crippen LogP contribution in [0.4, 0.5) is 17.2 Å². The molecular formula is C54H32N4O2PtSi. The van der Waals surface area contributed by atoms with E-state index in [4.69, 9.17) is 19.1 Å². The molecule has 1 aliphatic rings. The van der Waals surface area contributed by atoms with Crippen LogP contribution in [0.15, 0.2) is 199 Å². The Morgan fingerprint density at radius 3 is 2.06 bits per heavy atom. The smallest absolute Gasteiger partial charge is 0.503 e. The fourth-order valence-electron chi connectivity index (χ4n) is 9.87. The fraction of sp³-hybridized carbons (Fsp3) is 0. The molecule has 1 aliphatic heterocycles. The van der Waals surface area contributed by atoms with E-state index in [1.54, 1.807) is 0 Å². The van der Waals surface area contributed by atoms with Crippen molar-refractivity contribution in [1.82, 2.24) is 14.4 Å². The maximum Gasteiger partial charge on any atom is 2.00 e. The molecule has 8 heteroatoms. The summed E-state index contributed by atoms with van der Waals surface area (Å²) in [6, 6.07) is 73.3. The van der Waals surface area contributed by atoms with Gasteiger partial charge in [-0.25, -0.2) is 4.98 Å². The zero-order chi connectivity index (χ0) is 40.1. The summed E-state index contributed by atoms with van der Waals surface area (Å²) >= 11 is 0. The molecule has 294 valence electrons. The van der Waals surface area contributed by atoms with Crippen LogP contribution in [0.5, 0.6) is 11.5 Å². The first-order valence-electron chi connectivity index (χ1n) is 20.4. The van der Waals surface area contributed by atoms with Crippen molar-refractivity contribution >= 4 is 106 Å². The minimum absolute atomic E-state index is 0. The van der Waals surface area contributed by atoms with Crippen LogP contribution >= 0.6 is 0 Å². The maximum absolute atomic E-state index is 6.75. The van der Waals surface area contributed by atoms with Gasteiger partial charge >= 0.3 is 21.1 Å². The number of anilines is 3. The monoisotopic (exact) mass is 991 g/mol. The molecule has 0 saturated carbocycles. The van der Waals surface area contributed by atoms with Gasteiger partial charge < -0.3 is 18.5 Å². The van der Waals surface area contributed by atoms with Crippen molar-refractivity contribution < 1.29 is 30.2 Å². The van der Waals surface area contributed by atoms with Crippen LogP contribution in [-0.2, 0) is 21.1 Å². The number of hydrogen-bond acceptors (Lipinski definition) is 5. The molecule has 0 amide bonds. The van der Waals surface area contributed by atoms with E-state index in [2.05, 4.69) is 173 Å². The van der Waals surface area contributed by atoms with E-state index < -0.39 is 8.07 Å². The van der Waals surface area contributed by atoms with E-state index >= 15 is 0 Å². The SMILES string of the molecule is [Pt+2].[c-]1c(Oc2[c-]c3c(cc2)c2ccccc2n2c4ccccc4nc32)cccc1N1c2ncccc2[Si](c2ccccc2)(c2ccccc2)c2ccc3oc4ccccc4c3c21. The summed E-state index contributed by atoms with van der Waals surface area (Å²) in [4.78, 5) is 12.6. The number of para-hydroxylation sites is 4. The van der Waals surface area contributed by atoms with Crippen LogP contribution in [0.1, 0.15) is 0 Å². The Morgan fingerprint density at radius 1 is 0.532 bits per heavy atom. The third kappa shape index (κ3) is 5.19. The Labute approximate surface area is 371 Å². The van der Waals surface area contributed by atoms with Crippen molar-refractivity contribution in [3.63, 3.8) is 0 Å². The second-order valence-corrected chi connectivity index (χ2v) is 19.2. The first-order chi connectivity index (χ1) is 30.3. The van der Waals surface area contributed by atoms with E-state index in [1.165, 1.54) is 20.7 Å². The van der Waals surface area contributed by atoms with Gasteiger partial charge in [0, 0.05) is 28.6 Å². The number of nitrogens with zero attached hydrogens (tertiary/aromatic N) is 4. The Morgan fingerprint density at radius 2 is 1.24 bits per heavy atom. The Hall–Kier alpha value is -7.31. The molecule has 0 unspecified atom stereocenters. The summed E-state index contributed by atoms with van der Waals surface area (Å²) in [6.45, 7) is 0. The number of hydrogen-bond donors (Lipinski definition) is 0. The molecule has 4 aromatic heterocycles. The van der Waals surface area contributed by atoms with E-state index in [0.29, 0.717) is 11.5 Å². The van der Waals surface area contributed by atoms with Gasteiger partial charge in [-0.05, 0) is 62.5 Å². The zero-order valence-corrected chi connectivity index (χ0v) is 36.2. The molecule has 5 heterocycles. The van der Waals surface area contributed by atoms with E-state index in [1.807, 2.05) is 42.6 Å². The largest absolute Gasteiger partial charge is 2.00 e. The van der Waals surface area contributed by atoms with Gasteiger partial charge in [-0.2, -0.15) is 6.07 Å². The van der Waals surface area contributed by atoms with E-state index in [0.717, 1.165) is 77.5 Å². The van der Waals surface area contributed by atoms with Gasteiger partial charge in [0.05, 0.1) is 27.8 Å². The predicted octanol–water partition coefficient (Wildman–Crippen LogP) is 10.6. The standard InChI is InChI=1S/C54H32N4O2Si.Pt/c1-3-17-38(18-4-1)61(39-19-5-2-6-20-39)49-31-30-48-51(42-22-8-12-26-47(42)60-48)52(49)57(54-50(61)27-14-32-55-54)35-15-13-16-36(33-35)59-37-28-29-40-41-21-7-10-24-45(41)58-46-25-11-9-23-44(46)56-53(58)43(40)34-37;/h1-32H;/q-2;+2. The predicted molar refractivity (Wildman–Crippen MR) is 249 cm³/mol. The molecule has 6 nitrogen and oxygen atoms in total. The number of ether oxygens (including phenoxy) is 1. The summed E-state index contributed by atoms with van der Waals surface area (Å²) in [5.74, 6) is 1.99. The number of aromatic nitrogens is 3. The topological polar surface area (TPSA) is 55.8 Å².